The third-order valence-electron chi connectivity index (χ3n) is 8.35. The number of hydrogen-bond donors (Lipinski definition) is 0. The van der Waals surface area contributed by atoms with Crippen LogP contribution in [0.2, 0.25) is 0 Å². The van der Waals surface area contributed by atoms with Crippen LogP contribution in [-0.4, -0.2) is 90.3 Å². The Balaban J connectivity index is 1.41. The van der Waals surface area contributed by atoms with Gasteiger partial charge in [0.2, 0.25) is 5.91 Å². The number of carbonyl (C=O) groups excluding carboxylic acids is 2. The molecule has 0 spiro atoms. The Bertz CT molecular complexity index is 630. The van der Waals surface area contributed by atoms with Gasteiger partial charge in [-0.25, -0.2) is 4.79 Å². The molecule has 0 bridgehead atoms. The van der Waals surface area contributed by atoms with Crippen LogP contribution in [0.3, 0.4) is 0 Å². The SMILES string of the molecule is CCOC(=O)N1C[C@H](C)N(C(C)=O)C2CCC(C3CCC(N4CCOCC4)CC3)CC21. The summed E-state index contributed by atoms with van der Waals surface area (Å²) < 4.78 is 10.9. The Kier molecular flexibility index (Phi) is 7.42. The van der Waals surface area contributed by atoms with Crippen molar-refractivity contribution in [2.45, 2.75) is 89.9 Å². The Morgan fingerprint density at radius 2 is 1.65 bits per heavy atom. The van der Waals surface area contributed by atoms with Crippen LogP contribution in [0.4, 0.5) is 4.79 Å². The zero-order valence-electron chi connectivity index (χ0n) is 19.6. The highest BCUT2D eigenvalue weighted by Crippen LogP contribution is 2.43. The molecule has 176 valence electrons. The van der Waals surface area contributed by atoms with Crippen molar-refractivity contribution in [1.82, 2.24) is 14.7 Å². The predicted octanol–water partition coefficient (Wildman–Crippen LogP) is 3.12. The molecule has 3 unspecified atom stereocenters. The van der Waals surface area contributed by atoms with Gasteiger partial charge in [-0.05, 0) is 70.6 Å². The van der Waals surface area contributed by atoms with Gasteiger partial charge in [0.1, 0.15) is 0 Å². The standard InChI is InChI=1S/C24H41N3O4/c1-4-31-24(29)26-16-17(2)27(18(3)28)22-10-7-20(15-23(22)26)19-5-8-21(9-6-19)25-11-13-30-14-12-25/h17,19-23H,4-16H2,1-3H3/t17-,19?,20?,21?,22?,23?/m0/s1. The number of ether oxygens (including phenoxy) is 2. The van der Waals surface area contributed by atoms with Gasteiger partial charge in [-0.1, -0.05) is 0 Å². The maximum absolute atomic E-state index is 12.8. The van der Waals surface area contributed by atoms with Crippen LogP contribution >= 0.6 is 0 Å². The van der Waals surface area contributed by atoms with E-state index in [2.05, 4.69) is 11.8 Å². The second-order valence-corrected chi connectivity index (χ2v) is 10.1. The van der Waals surface area contributed by atoms with Crippen LogP contribution in [0.25, 0.3) is 0 Å². The van der Waals surface area contributed by atoms with Crippen molar-refractivity contribution >= 4 is 12.0 Å². The first-order chi connectivity index (χ1) is 15.0. The van der Waals surface area contributed by atoms with Crippen molar-refractivity contribution in [3.05, 3.63) is 0 Å². The largest absolute Gasteiger partial charge is 0.450 e. The van der Waals surface area contributed by atoms with Gasteiger partial charge in [0, 0.05) is 38.6 Å². The topological polar surface area (TPSA) is 62.3 Å². The molecule has 7 heteroatoms. The summed E-state index contributed by atoms with van der Waals surface area (Å²) in [5.41, 5.74) is 0. The minimum Gasteiger partial charge on any atom is -0.450 e. The smallest absolute Gasteiger partial charge is 0.410 e. The molecule has 2 heterocycles. The lowest BCUT2D eigenvalue weighted by Gasteiger charge is -2.54. The molecule has 0 aromatic rings. The monoisotopic (exact) mass is 435 g/mol. The summed E-state index contributed by atoms with van der Waals surface area (Å²) in [6.07, 6.45) is 8.12. The number of carbonyl (C=O) groups is 2. The lowest BCUT2D eigenvalue weighted by atomic mass is 9.68. The average Bonchev–Trinajstić information content (AvgIpc) is 2.79. The van der Waals surface area contributed by atoms with Gasteiger partial charge in [-0.2, -0.15) is 0 Å². The van der Waals surface area contributed by atoms with Gasteiger partial charge in [0.25, 0.3) is 0 Å². The summed E-state index contributed by atoms with van der Waals surface area (Å²) >= 11 is 0. The van der Waals surface area contributed by atoms with Crippen molar-refractivity contribution in [3.8, 4) is 0 Å². The predicted molar refractivity (Wildman–Crippen MR) is 119 cm³/mol. The maximum atomic E-state index is 12.8. The summed E-state index contributed by atoms with van der Waals surface area (Å²) in [7, 11) is 0. The number of nitrogens with zero attached hydrogens (tertiary/aromatic N) is 3. The van der Waals surface area contributed by atoms with E-state index in [0.29, 0.717) is 19.1 Å². The first-order valence-corrected chi connectivity index (χ1v) is 12.5. The van der Waals surface area contributed by atoms with Gasteiger partial charge >= 0.3 is 6.09 Å². The fourth-order valence-corrected chi connectivity index (χ4v) is 6.93. The molecule has 2 aliphatic heterocycles. The average molecular weight is 436 g/mol. The third-order valence-corrected chi connectivity index (χ3v) is 8.35. The molecule has 0 radical (unpaired) electrons. The Labute approximate surface area is 187 Å². The maximum Gasteiger partial charge on any atom is 0.410 e. The number of rotatable bonds is 3. The lowest BCUT2D eigenvalue weighted by Crippen LogP contribution is -2.67. The van der Waals surface area contributed by atoms with Crippen LogP contribution in [0, 0.1) is 11.8 Å². The van der Waals surface area contributed by atoms with Crippen LogP contribution in [0.15, 0.2) is 0 Å². The van der Waals surface area contributed by atoms with E-state index in [1.54, 1.807) is 6.92 Å². The first-order valence-electron chi connectivity index (χ1n) is 12.5. The molecular weight excluding hydrogens is 394 g/mol. The van der Waals surface area contributed by atoms with Crippen LogP contribution in [-0.2, 0) is 14.3 Å². The second kappa shape index (κ2) is 10.1. The highest BCUT2D eigenvalue weighted by Gasteiger charge is 2.48. The molecular formula is C24H41N3O4. The minimum atomic E-state index is -0.204. The molecule has 2 amide bonds. The molecule has 4 aliphatic rings. The summed E-state index contributed by atoms with van der Waals surface area (Å²) in [6.45, 7) is 10.5. The van der Waals surface area contributed by atoms with Gasteiger partial charge < -0.3 is 19.3 Å². The van der Waals surface area contributed by atoms with Crippen molar-refractivity contribution < 1.29 is 19.1 Å². The van der Waals surface area contributed by atoms with Gasteiger partial charge in [0.15, 0.2) is 0 Å². The van der Waals surface area contributed by atoms with E-state index in [9.17, 15) is 9.59 Å². The Morgan fingerprint density at radius 3 is 2.29 bits per heavy atom. The minimum absolute atomic E-state index is 0.0451. The second-order valence-electron chi connectivity index (χ2n) is 10.1. The van der Waals surface area contributed by atoms with E-state index in [4.69, 9.17) is 9.47 Å². The summed E-state index contributed by atoms with van der Waals surface area (Å²) in [6, 6.07) is 0.987. The first kappa shape index (κ1) is 22.8. The number of morpholine rings is 1. The van der Waals surface area contributed by atoms with E-state index >= 15 is 0 Å². The highest BCUT2D eigenvalue weighted by atomic mass is 16.6. The Hall–Kier alpha value is -1.34. The molecule has 4 fully saturated rings. The molecule has 31 heavy (non-hydrogen) atoms. The van der Waals surface area contributed by atoms with Crippen LogP contribution < -0.4 is 0 Å². The van der Waals surface area contributed by atoms with E-state index < -0.39 is 0 Å². The fourth-order valence-electron chi connectivity index (χ4n) is 6.93. The zero-order valence-corrected chi connectivity index (χ0v) is 19.6. The summed E-state index contributed by atoms with van der Waals surface area (Å²) in [5, 5.41) is 0. The quantitative estimate of drug-likeness (QED) is 0.682. The van der Waals surface area contributed by atoms with Gasteiger partial charge in [-0.15, -0.1) is 0 Å². The molecule has 2 aliphatic carbocycles. The summed E-state index contributed by atoms with van der Waals surface area (Å²) in [4.78, 5) is 31.8. The number of amides is 2. The molecule has 4 rings (SSSR count). The van der Waals surface area contributed by atoms with Crippen LogP contribution in [0.5, 0.6) is 0 Å². The van der Waals surface area contributed by atoms with Crippen molar-refractivity contribution in [3.63, 3.8) is 0 Å². The Morgan fingerprint density at radius 1 is 0.968 bits per heavy atom. The number of fused-ring (bicyclic) bond motifs is 1. The normalized spacial score (nSPS) is 37.3. The zero-order chi connectivity index (χ0) is 22.0. The van der Waals surface area contributed by atoms with Crippen molar-refractivity contribution in [1.29, 1.82) is 0 Å². The van der Waals surface area contributed by atoms with E-state index in [0.717, 1.165) is 51.1 Å². The van der Waals surface area contributed by atoms with Crippen molar-refractivity contribution in [2.24, 2.45) is 11.8 Å². The molecule has 2 saturated heterocycles. The van der Waals surface area contributed by atoms with Gasteiger partial charge in [-0.3, -0.25) is 9.69 Å². The van der Waals surface area contributed by atoms with Gasteiger partial charge in [0.05, 0.1) is 31.9 Å². The van der Waals surface area contributed by atoms with E-state index in [-0.39, 0.29) is 30.1 Å². The fraction of sp³-hybridized carbons (Fsp3) is 0.917. The van der Waals surface area contributed by atoms with E-state index in [1.807, 2.05) is 16.7 Å². The lowest BCUT2D eigenvalue weighted by molar-refractivity contribution is -0.142. The van der Waals surface area contributed by atoms with Crippen LogP contribution in [0.1, 0.15) is 65.7 Å². The third kappa shape index (κ3) is 4.87. The van der Waals surface area contributed by atoms with E-state index in [1.165, 1.54) is 32.1 Å². The molecule has 0 aromatic carbocycles. The number of hydrogen-bond acceptors (Lipinski definition) is 5. The molecule has 2 saturated carbocycles. The molecule has 0 aromatic heterocycles. The molecule has 7 nitrogen and oxygen atoms in total. The molecule has 0 N–H and O–H groups in total. The summed E-state index contributed by atoms with van der Waals surface area (Å²) in [5.74, 6) is 1.52. The highest BCUT2D eigenvalue weighted by molar-refractivity contribution is 5.75. The van der Waals surface area contributed by atoms with Crippen molar-refractivity contribution in [2.75, 3.05) is 39.5 Å². The molecule has 4 atom stereocenters. The number of piperazine rings is 1.